The minimum absolute atomic E-state index is 0.247. The number of alkyl carbamates (subject to hydrolysis) is 2. The van der Waals surface area contributed by atoms with Gasteiger partial charge in [0.25, 0.3) is 0 Å². The van der Waals surface area contributed by atoms with Gasteiger partial charge in [-0.1, -0.05) is 97.7 Å². The number of hydrogen-bond donors (Lipinski definition) is 5. The van der Waals surface area contributed by atoms with Crippen molar-refractivity contribution in [3.8, 4) is 34.4 Å². The maximum absolute atomic E-state index is 13.9. The number of nitrogens with zero attached hydrogens (tertiary/aromatic N) is 3. The van der Waals surface area contributed by atoms with Crippen LogP contribution in [0.2, 0.25) is 0 Å². The molecule has 0 bridgehead atoms. The van der Waals surface area contributed by atoms with E-state index in [2.05, 4.69) is 47.7 Å². The SMILES string of the molecule is CC(c1ncc(-c2ccc(C#Cc3ccc(-c4cnc(CCCCNC(=O)C(NC(=O)OC(C)(C)C)C5(C)C=CC=CC5)[nH]4)cc3)cc2)[nH]1)N(C)C(=O)C(NC(=O)OC(C)(C)C)c1ccccc1. The topological polar surface area (TPSA) is 183 Å². The molecule has 1 aliphatic carbocycles. The van der Waals surface area contributed by atoms with Gasteiger partial charge >= 0.3 is 12.2 Å². The van der Waals surface area contributed by atoms with Gasteiger partial charge in [-0.05, 0) is 109 Å². The van der Waals surface area contributed by atoms with Crippen molar-refractivity contribution in [1.29, 1.82) is 0 Å². The fraction of sp³-hybridized carbons (Fsp3) is 0.370. The van der Waals surface area contributed by atoms with Crippen molar-refractivity contribution in [2.45, 2.75) is 110 Å². The molecule has 3 aromatic carbocycles. The smallest absolute Gasteiger partial charge is 0.408 e. The fourth-order valence-corrected chi connectivity index (χ4v) is 7.52. The highest BCUT2D eigenvalue weighted by atomic mass is 16.6. The van der Waals surface area contributed by atoms with Crippen molar-refractivity contribution in [2.24, 2.45) is 5.41 Å². The summed E-state index contributed by atoms with van der Waals surface area (Å²) >= 11 is 0. The lowest BCUT2D eigenvalue weighted by atomic mass is 9.76. The first kappa shape index (κ1) is 50.0. The number of benzene rings is 3. The minimum atomic E-state index is -0.952. The van der Waals surface area contributed by atoms with Crippen LogP contribution in [0.15, 0.2) is 116 Å². The first-order valence-corrected chi connectivity index (χ1v) is 23.0. The van der Waals surface area contributed by atoms with E-state index in [0.29, 0.717) is 30.8 Å². The van der Waals surface area contributed by atoms with Gasteiger partial charge in [-0.3, -0.25) is 9.59 Å². The normalized spacial score (nSPS) is 15.8. The Hall–Kier alpha value is -7.40. The van der Waals surface area contributed by atoms with Crippen LogP contribution in [0.1, 0.15) is 115 Å². The molecule has 4 unspecified atom stereocenters. The summed E-state index contributed by atoms with van der Waals surface area (Å²) in [6.45, 7) is 15.0. The standard InChI is InChI=1S/C54H64N8O6/c1-36(62(9)49(64)45(41-18-12-10-13-19-41)60-50(65)67-52(2,3)4)47-57-35-43(59-47)40-29-25-38(26-30-40)22-21-37-23-27-39(28-24-37)42-34-56-44(58-42)20-14-17-33-55-48(63)46(54(8)31-15-11-16-32-54)61-51(66)68-53(5,6)7/h10-13,15-16,18-19,23-31,34-36,45-46H,14,17,20,32-33H2,1-9H3,(H,55,63)(H,56,58)(H,57,59)(H,60,65)(H,61,66). The van der Waals surface area contributed by atoms with E-state index in [4.69, 9.17) is 9.47 Å². The number of aryl methyl sites for hydroxylation is 1. The Balaban J connectivity index is 0.981. The molecule has 0 fully saturated rings. The zero-order chi connectivity index (χ0) is 49.1. The highest BCUT2D eigenvalue weighted by Gasteiger charge is 2.39. The molecule has 0 spiro atoms. The number of imidazole rings is 2. The summed E-state index contributed by atoms with van der Waals surface area (Å²) in [6.07, 6.45) is 12.9. The summed E-state index contributed by atoms with van der Waals surface area (Å²) in [5, 5.41) is 8.58. The van der Waals surface area contributed by atoms with Crippen molar-refractivity contribution in [3.05, 3.63) is 144 Å². The Kier molecular flexibility index (Phi) is 16.1. The van der Waals surface area contributed by atoms with Crippen molar-refractivity contribution < 1.29 is 28.7 Å². The van der Waals surface area contributed by atoms with Crippen LogP contribution >= 0.6 is 0 Å². The number of unbranched alkanes of at least 4 members (excludes halogenated alkanes) is 1. The maximum atomic E-state index is 13.9. The first-order valence-electron chi connectivity index (χ1n) is 23.0. The van der Waals surface area contributed by atoms with Gasteiger partial charge in [-0.2, -0.15) is 0 Å². The number of likely N-dealkylation sites (N-methyl/N-ethyl adjacent to an activating group) is 1. The lowest BCUT2D eigenvalue weighted by molar-refractivity contribution is -0.134. The number of rotatable bonds is 15. The van der Waals surface area contributed by atoms with Crippen LogP contribution in [0.25, 0.3) is 22.5 Å². The lowest BCUT2D eigenvalue weighted by Crippen LogP contribution is -2.55. The molecule has 4 amide bonds. The molecule has 14 nitrogen and oxygen atoms in total. The third-order valence-corrected chi connectivity index (χ3v) is 11.3. The Morgan fingerprint density at radius 3 is 1.91 bits per heavy atom. The zero-order valence-electron chi connectivity index (χ0n) is 40.5. The summed E-state index contributed by atoms with van der Waals surface area (Å²) in [5.41, 5.74) is 3.98. The molecule has 2 heterocycles. The van der Waals surface area contributed by atoms with Gasteiger partial charge < -0.3 is 40.3 Å². The molecule has 0 saturated heterocycles. The van der Waals surface area contributed by atoms with Gasteiger partial charge in [-0.25, -0.2) is 19.6 Å². The van der Waals surface area contributed by atoms with Gasteiger partial charge in [-0.15, -0.1) is 0 Å². The highest BCUT2D eigenvalue weighted by molar-refractivity contribution is 5.88. The molecule has 6 rings (SSSR count). The van der Waals surface area contributed by atoms with Crippen molar-refractivity contribution in [3.63, 3.8) is 0 Å². The second kappa shape index (κ2) is 21.9. The van der Waals surface area contributed by atoms with Crippen LogP contribution in [-0.4, -0.2) is 79.7 Å². The number of hydrogen-bond acceptors (Lipinski definition) is 8. The van der Waals surface area contributed by atoms with Crippen molar-refractivity contribution in [1.82, 2.24) is 40.8 Å². The molecule has 5 aromatic rings. The number of aromatic amines is 2. The quantitative estimate of drug-likeness (QED) is 0.0508. The summed E-state index contributed by atoms with van der Waals surface area (Å²) in [4.78, 5) is 70.2. The molecular formula is C54H64N8O6. The van der Waals surface area contributed by atoms with Crippen LogP contribution in [0, 0.1) is 17.3 Å². The van der Waals surface area contributed by atoms with Gasteiger partial charge in [0.05, 0.1) is 29.8 Å². The number of allylic oxidation sites excluding steroid dienone is 3. The molecule has 1 aliphatic rings. The monoisotopic (exact) mass is 920 g/mol. The number of aromatic nitrogens is 4. The molecule has 0 saturated carbocycles. The molecular weight excluding hydrogens is 857 g/mol. The number of nitrogens with one attached hydrogen (secondary N) is 5. The highest BCUT2D eigenvalue weighted by Crippen LogP contribution is 2.32. The molecule has 5 N–H and O–H groups in total. The summed E-state index contributed by atoms with van der Waals surface area (Å²) in [5.74, 6) is 7.40. The van der Waals surface area contributed by atoms with Gasteiger partial charge in [0.15, 0.2) is 0 Å². The van der Waals surface area contributed by atoms with E-state index < -0.39 is 46.9 Å². The van der Waals surface area contributed by atoms with Crippen molar-refractivity contribution in [2.75, 3.05) is 13.6 Å². The third-order valence-electron chi connectivity index (χ3n) is 11.3. The number of ether oxygens (including phenoxy) is 2. The molecule has 0 radical (unpaired) electrons. The van der Waals surface area contributed by atoms with Gasteiger partial charge in [0.2, 0.25) is 11.8 Å². The summed E-state index contributed by atoms with van der Waals surface area (Å²) < 4.78 is 10.9. The average molecular weight is 921 g/mol. The Bertz CT molecular complexity index is 2640. The number of carbonyl (C=O) groups is 4. The second-order valence-corrected chi connectivity index (χ2v) is 19.3. The fourth-order valence-electron chi connectivity index (χ4n) is 7.52. The molecule has 68 heavy (non-hydrogen) atoms. The predicted molar refractivity (Wildman–Crippen MR) is 264 cm³/mol. The first-order chi connectivity index (χ1) is 32.3. The third kappa shape index (κ3) is 14.1. The number of amides is 4. The average Bonchev–Trinajstić information content (AvgIpc) is 3.99. The molecule has 356 valence electrons. The van der Waals surface area contributed by atoms with E-state index in [0.717, 1.165) is 52.3 Å². The van der Waals surface area contributed by atoms with E-state index in [-0.39, 0.29) is 11.8 Å². The van der Waals surface area contributed by atoms with E-state index >= 15 is 0 Å². The van der Waals surface area contributed by atoms with Crippen molar-refractivity contribution >= 4 is 24.0 Å². The van der Waals surface area contributed by atoms with E-state index in [1.54, 1.807) is 71.8 Å². The molecule has 0 aliphatic heterocycles. The van der Waals surface area contributed by atoms with E-state index in [1.807, 2.05) is 111 Å². The second-order valence-electron chi connectivity index (χ2n) is 19.3. The Morgan fingerprint density at radius 1 is 0.765 bits per heavy atom. The van der Waals surface area contributed by atoms with Crippen LogP contribution in [0.4, 0.5) is 9.59 Å². The Morgan fingerprint density at radius 2 is 1.34 bits per heavy atom. The summed E-state index contributed by atoms with van der Waals surface area (Å²) in [6, 6.07) is 22.8. The zero-order valence-corrected chi connectivity index (χ0v) is 40.5. The van der Waals surface area contributed by atoms with E-state index in [1.165, 1.54) is 0 Å². The maximum Gasteiger partial charge on any atom is 0.408 e. The largest absolute Gasteiger partial charge is 0.444 e. The van der Waals surface area contributed by atoms with Gasteiger partial charge in [0, 0.05) is 36.6 Å². The minimum Gasteiger partial charge on any atom is -0.444 e. The van der Waals surface area contributed by atoms with Gasteiger partial charge in [0.1, 0.15) is 34.9 Å². The van der Waals surface area contributed by atoms with E-state index in [9.17, 15) is 19.2 Å². The molecule has 2 aromatic heterocycles. The van der Waals surface area contributed by atoms with Crippen LogP contribution in [0.3, 0.4) is 0 Å². The molecule has 4 atom stereocenters. The Labute approximate surface area is 399 Å². The molecule has 14 heteroatoms. The lowest BCUT2D eigenvalue weighted by Gasteiger charge is -2.35. The summed E-state index contributed by atoms with van der Waals surface area (Å²) in [7, 11) is 1.69. The van der Waals surface area contributed by atoms with Crippen LogP contribution in [0.5, 0.6) is 0 Å². The predicted octanol–water partition coefficient (Wildman–Crippen LogP) is 9.51. The van der Waals surface area contributed by atoms with Crippen LogP contribution in [-0.2, 0) is 25.5 Å². The number of carbonyl (C=O) groups excluding carboxylic acids is 4. The van der Waals surface area contributed by atoms with Crippen LogP contribution < -0.4 is 16.0 Å². The number of H-pyrrole nitrogens is 2.